The van der Waals surface area contributed by atoms with Gasteiger partial charge in [-0.1, -0.05) is 0 Å². The fourth-order valence-corrected chi connectivity index (χ4v) is 4.22. The first-order valence-electron chi connectivity index (χ1n) is 5.51. The number of aromatic nitrogens is 1. The quantitative estimate of drug-likeness (QED) is 0.695. The average Bonchev–Trinajstić information content (AvgIpc) is 2.36. The van der Waals surface area contributed by atoms with E-state index in [1.54, 1.807) is 12.4 Å². The summed E-state index contributed by atoms with van der Waals surface area (Å²) in [7, 11) is -3.77. The van der Waals surface area contributed by atoms with Crippen molar-refractivity contribution in [3.05, 3.63) is 49.6 Å². The molecule has 0 saturated carbocycles. The van der Waals surface area contributed by atoms with Gasteiger partial charge in [0.05, 0.1) is 13.8 Å². The summed E-state index contributed by atoms with van der Waals surface area (Å²) in [5, 5.41) is 5.10. The van der Waals surface area contributed by atoms with Crippen LogP contribution in [0.2, 0.25) is 0 Å². The molecule has 2 aromatic rings. The van der Waals surface area contributed by atoms with Crippen LogP contribution in [-0.4, -0.2) is 13.4 Å². The van der Waals surface area contributed by atoms with Gasteiger partial charge in [-0.3, -0.25) is 4.98 Å². The van der Waals surface area contributed by atoms with Crippen molar-refractivity contribution in [2.45, 2.75) is 11.5 Å². The van der Waals surface area contributed by atoms with E-state index in [9.17, 15) is 8.42 Å². The maximum atomic E-state index is 11.3. The van der Waals surface area contributed by atoms with E-state index in [1.807, 2.05) is 6.07 Å². The monoisotopic (exact) mass is 498 g/mol. The second kappa shape index (κ2) is 6.74. The fraction of sp³-hybridized carbons (Fsp3) is 0.0833. The van der Waals surface area contributed by atoms with Gasteiger partial charge in [0.2, 0.25) is 10.0 Å². The molecule has 2 rings (SSSR count). The summed E-state index contributed by atoms with van der Waals surface area (Å²) in [4.78, 5) is 4.04. The smallest absolute Gasteiger partial charge is 0.238 e. The Morgan fingerprint density at radius 3 is 2.24 bits per heavy atom. The highest BCUT2D eigenvalue weighted by molar-refractivity contribution is 9.11. The van der Waals surface area contributed by atoms with Crippen LogP contribution in [0.25, 0.3) is 0 Å². The Balaban J connectivity index is 2.25. The van der Waals surface area contributed by atoms with Crippen LogP contribution in [-0.2, 0) is 16.6 Å². The molecule has 0 aliphatic heterocycles. The normalized spacial score (nSPS) is 11.4. The number of halogens is 3. The Morgan fingerprint density at radius 2 is 1.71 bits per heavy atom. The van der Waals surface area contributed by atoms with E-state index in [0.717, 1.165) is 10.0 Å². The lowest BCUT2D eigenvalue weighted by atomic mass is 10.3. The molecule has 1 aromatic heterocycles. The van der Waals surface area contributed by atoms with E-state index >= 15 is 0 Å². The van der Waals surface area contributed by atoms with Gasteiger partial charge in [0.25, 0.3) is 0 Å². The molecule has 0 aliphatic carbocycles. The molecule has 0 fully saturated rings. The van der Waals surface area contributed by atoms with Gasteiger partial charge in [0.1, 0.15) is 12.4 Å². The number of ether oxygens (including phenoxy) is 1. The molecular weight excluding hydrogens is 492 g/mol. The first kappa shape index (κ1) is 16.9. The number of nitrogens with two attached hydrogens (primary N) is 1. The molecule has 21 heavy (non-hydrogen) atoms. The van der Waals surface area contributed by atoms with Gasteiger partial charge >= 0.3 is 0 Å². The van der Waals surface area contributed by atoms with E-state index in [1.165, 1.54) is 12.1 Å². The van der Waals surface area contributed by atoms with Crippen LogP contribution >= 0.6 is 47.8 Å². The molecule has 9 heteroatoms. The first-order chi connectivity index (χ1) is 9.77. The number of nitrogens with zero attached hydrogens (tertiary/aromatic N) is 1. The fourth-order valence-electron chi connectivity index (χ4n) is 1.53. The summed E-state index contributed by atoms with van der Waals surface area (Å²) >= 11 is 9.89. The largest absolute Gasteiger partial charge is 0.486 e. The molecule has 0 aliphatic rings. The highest BCUT2D eigenvalue weighted by Crippen LogP contribution is 2.36. The van der Waals surface area contributed by atoms with E-state index in [0.29, 0.717) is 21.3 Å². The van der Waals surface area contributed by atoms with Gasteiger partial charge < -0.3 is 4.74 Å². The van der Waals surface area contributed by atoms with Crippen molar-refractivity contribution in [2.24, 2.45) is 5.14 Å². The molecule has 0 radical (unpaired) electrons. The van der Waals surface area contributed by atoms with Crippen LogP contribution < -0.4 is 9.88 Å². The van der Waals surface area contributed by atoms with Crippen molar-refractivity contribution in [1.29, 1.82) is 0 Å². The second-order valence-electron chi connectivity index (χ2n) is 4.06. The average molecular weight is 501 g/mol. The zero-order chi connectivity index (χ0) is 15.6. The Bertz CT molecular complexity index is 758. The third-order valence-electron chi connectivity index (χ3n) is 2.45. The lowest BCUT2D eigenvalue weighted by molar-refractivity contribution is 0.301. The zero-order valence-electron chi connectivity index (χ0n) is 10.4. The van der Waals surface area contributed by atoms with Crippen LogP contribution in [0.3, 0.4) is 0 Å². The summed E-state index contributed by atoms with van der Waals surface area (Å²) < 4.78 is 30.2. The van der Waals surface area contributed by atoms with Crippen LogP contribution in [0.4, 0.5) is 0 Å². The molecule has 0 amide bonds. The van der Waals surface area contributed by atoms with Crippen LogP contribution in [0.5, 0.6) is 5.75 Å². The topological polar surface area (TPSA) is 82.3 Å². The number of hydrogen-bond acceptors (Lipinski definition) is 4. The number of hydrogen-bond donors (Lipinski definition) is 1. The summed E-state index contributed by atoms with van der Waals surface area (Å²) in [5.74, 6) is 0.488. The van der Waals surface area contributed by atoms with Crippen molar-refractivity contribution in [3.63, 3.8) is 0 Å². The minimum atomic E-state index is -3.77. The van der Waals surface area contributed by atoms with Crippen molar-refractivity contribution >= 4 is 57.8 Å². The minimum absolute atomic E-state index is 0.00211. The zero-order valence-corrected chi connectivity index (χ0v) is 16.0. The first-order valence-corrected chi connectivity index (χ1v) is 9.44. The molecule has 5 nitrogen and oxygen atoms in total. The molecule has 0 spiro atoms. The second-order valence-corrected chi connectivity index (χ2v) is 8.25. The lowest BCUT2D eigenvalue weighted by Gasteiger charge is -2.11. The molecule has 0 bridgehead atoms. The maximum Gasteiger partial charge on any atom is 0.238 e. The third-order valence-corrected chi connectivity index (χ3v) is 4.95. The van der Waals surface area contributed by atoms with Crippen molar-refractivity contribution in [1.82, 2.24) is 4.98 Å². The van der Waals surface area contributed by atoms with Gasteiger partial charge in [-0.2, -0.15) is 0 Å². The molecule has 0 saturated heterocycles. The molecule has 1 heterocycles. The van der Waals surface area contributed by atoms with E-state index < -0.39 is 10.0 Å². The minimum Gasteiger partial charge on any atom is -0.486 e. The van der Waals surface area contributed by atoms with E-state index in [4.69, 9.17) is 9.88 Å². The summed E-state index contributed by atoms with van der Waals surface area (Å²) in [6, 6.07) is 4.68. The summed E-state index contributed by atoms with van der Waals surface area (Å²) in [6.45, 7) is 0.290. The standard InChI is InChI=1S/C12H9Br3N2O3S/c13-8-1-7(4-17-5-8)6-20-12-10(14)2-9(3-11(12)15)21(16,18)19/h1-5H,6H2,(H2,16,18,19). The molecule has 1 aromatic carbocycles. The molecule has 0 atom stereocenters. The summed E-state index contributed by atoms with van der Waals surface area (Å²) in [5.41, 5.74) is 0.874. The highest BCUT2D eigenvalue weighted by atomic mass is 79.9. The van der Waals surface area contributed by atoms with Crippen molar-refractivity contribution in [3.8, 4) is 5.75 Å². The number of rotatable bonds is 4. The Kier molecular flexibility index (Phi) is 5.42. The van der Waals surface area contributed by atoms with Crippen LogP contribution in [0.1, 0.15) is 5.56 Å². The Hall–Kier alpha value is -0.480. The van der Waals surface area contributed by atoms with E-state index in [-0.39, 0.29) is 4.90 Å². The Morgan fingerprint density at radius 1 is 1.10 bits per heavy atom. The van der Waals surface area contributed by atoms with E-state index in [2.05, 4.69) is 52.8 Å². The number of primary sulfonamides is 1. The van der Waals surface area contributed by atoms with Crippen molar-refractivity contribution in [2.75, 3.05) is 0 Å². The molecule has 0 unspecified atom stereocenters. The third kappa shape index (κ3) is 4.49. The number of benzene rings is 1. The maximum absolute atomic E-state index is 11.3. The van der Waals surface area contributed by atoms with Gasteiger partial charge in [0.15, 0.2) is 0 Å². The highest BCUT2D eigenvalue weighted by Gasteiger charge is 2.15. The predicted molar refractivity (Wildman–Crippen MR) is 89.5 cm³/mol. The lowest BCUT2D eigenvalue weighted by Crippen LogP contribution is -2.12. The Labute approximate surface area is 147 Å². The van der Waals surface area contributed by atoms with Crippen molar-refractivity contribution < 1.29 is 13.2 Å². The van der Waals surface area contributed by atoms with Gasteiger partial charge in [-0.25, -0.2) is 13.6 Å². The van der Waals surface area contributed by atoms with Gasteiger partial charge in [0, 0.05) is 22.4 Å². The summed E-state index contributed by atoms with van der Waals surface area (Å²) in [6.07, 6.45) is 3.36. The van der Waals surface area contributed by atoms with Crippen LogP contribution in [0, 0.1) is 0 Å². The molecular formula is C12H9Br3N2O3S. The van der Waals surface area contributed by atoms with Gasteiger partial charge in [-0.05, 0) is 66.0 Å². The number of pyridine rings is 1. The van der Waals surface area contributed by atoms with Crippen LogP contribution in [0.15, 0.2) is 48.9 Å². The molecule has 112 valence electrons. The van der Waals surface area contributed by atoms with Gasteiger partial charge in [-0.15, -0.1) is 0 Å². The number of sulfonamides is 1. The SMILES string of the molecule is NS(=O)(=O)c1cc(Br)c(OCc2cncc(Br)c2)c(Br)c1. The predicted octanol–water partition coefficient (Wildman–Crippen LogP) is 3.60. The molecule has 2 N–H and O–H groups in total.